The van der Waals surface area contributed by atoms with Crippen molar-refractivity contribution in [3.8, 4) is 11.5 Å². The molecule has 0 spiro atoms. The number of nitrogens with zero attached hydrogens (tertiary/aromatic N) is 3. The summed E-state index contributed by atoms with van der Waals surface area (Å²) in [5.74, 6) is 1.91. The van der Waals surface area contributed by atoms with Crippen LogP contribution in [-0.2, 0) is 0 Å². The lowest BCUT2D eigenvalue weighted by molar-refractivity contribution is 0.0748. The summed E-state index contributed by atoms with van der Waals surface area (Å²) in [6.07, 6.45) is 1.84. The van der Waals surface area contributed by atoms with Crippen LogP contribution in [0.25, 0.3) is 0 Å². The Labute approximate surface area is 147 Å². The summed E-state index contributed by atoms with van der Waals surface area (Å²) in [6.45, 7) is 5.80. The van der Waals surface area contributed by atoms with Crippen LogP contribution in [0.3, 0.4) is 0 Å². The Kier molecular flexibility index (Phi) is 5.33. The number of benzene rings is 1. The van der Waals surface area contributed by atoms with Crippen LogP contribution >= 0.6 is 0 Å². The minimum atomic E-state index is -0.0779. The van der Waals surface area contributed by atoms with Gasteiger partial charge in [-0.3, -0.25) is 4.79 Å². The lowest BCUT2D eigenvalue weighted by Crippen LogP contribution is -2.33. The van der Waals surface area contributed by atoms with Gasteiger partial charge >= 0.3 is 0 Å². The van der Waals surface area contributed by atoms with Gasteiger partial charge in [0.05, 0.1) is 0 Å². The van der Waals surface area contributed by atoms with Crippen molar-refractivity contribution < 1.29 is 14.3 Å². The molecule has 2 heterocycles. The van der Waals surface area contributed by atoms with Gasteiger partial charge in [0.15, 0.2) is 23.0 Å². The standard InChI is InChI=1S/C18H22N4O3/c1-3-9-22(10-4-2)18(23)14-6-8-17(21-20-14)19-13-5-7-15-16(11-13)25-12-24-15/h5-8,11H,3-4,9-10,12H2,1-2H3,(H,19,21). The SMILES string of the molecule is CCCN(CCC)C(=O)c1ccc(Nc2ccc3c(c2)OCO3)nn1. The Hall–Kier alpha value is -2.83. The van der Waals surface area contributed by atoms with E-state index in [0.717, 1.165) is 37.4 Å². The lowest BCUT2D eigenvalue weighted by Gasteiger charge is -2.20. The molecule has 7 nitrogen and oxygen atoms in total. The second-order valence-corrected chi connectivity index (χ2v) is 5.79. The fraction of sp³-hybridized carbons (Fsp3) is 0.389. The zero-order valence-corrected chi connectivity index (χ0v) is 14.5. The van der Waals surface area contributed by atoms with Crippen LogP contribution in [0.15, 0.2) is 30.3 Å². The second kappa shape index (κ2) is 7.83. The highest BCUT2D eigenvalue weighted by Crippen LogP contribution is 2.34. The molecule has 0 aliphatic carbocycles. The number of nitrogens with one attached hydrogen (secondary N) is 1. The van der Waals surface area contributed by atoms with Crippen molar-refractivity contribution in [3.05, 3.63) is 36.0 Å². The molecule has 1 amide bonds. The summed E-state index contributed by atoms with van der Waals surface area (Å²) in [5.41, 5.74) is 1.18. The maximum Gasteiger partial charge on any atom is 0.274 e. The van der Waals surface area contributed by atoms with Crippen LogP contribution < -0.4 is 14.8 Å². The number of carbonyl (C=O) groups is 1. The van der Waals surface area contributed by atoms with E-state index < -0.39 is 0 Å². The van der Waals surface area contributed by atoms with E-state index in [9.17, 15) is 4.79 Å². The minimum absolute atomic E-state index is 0.0779. The molecule has 0 saturated carbocycles. The monoisotopic (exact) mass is 342 g/mol. The van der Waals surface area contributed by atoms with E-state index in [1.165, 1.54) is 0 Å². The van der Waals surface area contributed by atoms with Crippen LogP contribution in [0, 0.1) is 0 Å². The van der Waals surface area contributed by atoms with Crippen LogP contribution in [0.1, 0.15) is 37.2 Å². The molecule has 25 heavy (non-hydrogen) atoms. The number of amides is 1. The molecule has 0 atom stereocenters. The number of fused-ring (bicyclic) bond motifs is 1. The first-order valence-corrected chi connectivity index (χ1v) is 8.51. The van der Waals surface area contributed by atoms with Crippen LogP contribution in [0.5, 0.6) is 11.5 Å². The first kappa shape index (κ1) is 17.0. The topological polar surface area (TPSA) is 76.6 Å². The van der Waals surface area contributed by atoms with E-state index in [0.29, 0.717) is 17.3 Å². The Bertz CT molecular complexity index is 728. The van der Waals surface area contributed by atoms with Crippen molar-refractivity contribution >= 4 is 17.4 Å². The fourth-order valence-electron chi connectivity index (χ4n) is 2.65. The van der Waals surface area contributed by atoms with Gasteiger partial charge in [0.1, 0.15) is 0 Å². The fourth-order valence-corrected chi connectivity index (χ4v) is 2.65. The third kappa shape index (κ3) is 3.99. The normalized spacial score (nSPS) is 12.1. The van der Waals surface area contributed by atoms with Gasteiger partial charge < -0.3 is 19.7 Å². The third-order valence-corrected chi connectivity index (χ3v) is 3.80. The number of aromatic nitrogens is 2. The van der Waals surface area contributed by atoms with E-state index in [-0.39, 0.29) is 12.7 Å². The van der Waals surface area contributed by atoms with Gasteiger partial charge in [0, 0.05) is 24.8 Å². The summed E-state index contributed by atoms with van der Waals surface area (Å²) in [7, 11) is 0. The number of ether oxygens (including phenoxy) is 2. The van der Waals surface area contributed by atoms with E-state index in [1.54, 1.807) is 12.1 Å². The lowest BCUT2D eigenvalue weighted by atomic mass is 10.2. The van der Waals surface area contributed by atoms with Gasteiger partial charge in [-0.05, 0) is 37.1 Å². The summed E-state index contributed by atoms with van der Waals surface area (Å²) in [5, 5.41) is 11.3. The smallest absolute Gasteiger partial charge is 0.274 e. The summed E-state index contributed by atoms with van der Waals surface area (Å²) < 4.78 is 10.6. The Morgan fingerprint density at radius 2 is 1.84 bits per heavy atom. The highest BCUT2D eigenvalue weighted by Gasteiger charge is 2.17. The van der Waals surface area contributed by atoms with Gasteiger partial charge in [0.25, 0.3) is 5.91 Å². The Balaban J connectivity index is 1.68. The zero-order chi connectivity index (χ0) is 17.6. The van der Waals surface area contributed by atoms with Gasteiger partial charge in [-0.2, -0.15) is 0 Å². The quantitative estimate of drug-likeness (QED) is 0.832. The molecule has 7 heteroatoms. The molecule has 1 N–H and O–H groups in total. The maximum absolute atomic E-state index is 12.5. The number of carbonyl (C=O) groups excluding carboxylic acids is 1. The van der Waals surface area contributed by atoms with Crippen molar-refractivity contribution in [1.82, 2.24) is 15.1 Å². The van der Waals surface area contributed by atoms with Crippen molar-refractivity contribution in [3.63, 3.8) is 0 Å². The third-order valence-electron chi connectivity index (χ3n) is 3.80. The van der Waals surface area contributed by atoms with Gasteiger partial charge in [-0.1, -0.05) is 13.8 Å². The molecule has 0 unspecified atom stereocenters. The molecular formula is C18H22N4O3. The molecule has 2 aromatic rings. The number of rotatable bonds is 7. The van der Waals surface area contributed by atoms with E-state index in [1.807, 2.05) is 23.1 Å². The average molecular weight is 342 g/mol. The molecule has 0 fully saturated rings. The molecule has 132 valence electrons. The second-order valence-electron chi connectivity index (χ2n) is 5.79. The predicted octanol–water partition coefficient (Wildman–Crippen LogP) is 3.21. The molecule has 1 aromatic carbocycles. The maximum atomic E-state index is 12.5. The van der Waals surface area contributed by atoms with Gasteiger partial charge in [-0.15, -0.1) is 10.2 Å². The first-order chi connectivity index (χ1) is 12.2. The molecule has 1 aromatic heterocycles. The Morgan fingerprint density at radius 3 is 2.52 bits per heavy atom. The Morgan fingerprint density at radius 1 is 1.08 bits per heavy atom. The van der Waals surface area contributed by atoms with Gasteiger partial charge in [0.2, 0.25) is 6.79 Å². The average Bonchev–Trinajstić information content (AvgIpc) is 3.09. The van der Waals surface area contributed by atoms with E-state index >= 15 is 0 Å². The highest BCUT2D eigenvalue weighted by atomic mass is 16.7. The number of anilines is 2. The van der Waals surface area contributed by atoms with E-state index in [2.05, 4.69) is 29.4 Å². The van der Waals surface area contributed by atoms with Crippen molar-refractivity contribution in [1.29, 1.82) is 0 Å². The first-order valence-electron chi connectivity index (χ1n) is 8.51. The van der Waals surface area contributed by atoms with E-state index in [4.69, 9.17) is 9.47 Å². The molecule has 1 aliphatic heterocycles. The molecule has 0 bridgehead atoms. The zero-order valence-electron chi connectivity index (χ0n) is 14.5. The number of hydrogen-bond donors (Lipinski definition) is 1. The van der Waals surface area contributed by atoms with Crippen LogP contribution in [0.4, 0.5) is 11.5 Å². The summed E-state index contributed by atoms with van der Waals surface area (Å²) >= 11 is 0. The molecule has 0 radical (unpaired) electrons. The summed E-state index contributed by atoms with van der Waals surface area (Å²) in [4.78, 5) is 14.3. The van der Waals surface area contributed by atoms with Crippen LogP contribution in [-0.4, -0.2) is 40.9 Å². The van der Waals surface area contributed by atoms with Gasteiger partial charge in [-0.25, -0.2) is 0 Å². The van der Waals surface area contributed by atoms with Crippen LogP contribution in [0.2, 0.25) is 0 Å². The highest BCUT2D eigenvalue weighted by molar-refractivity contribution is 5.92. The molecule has 3 rings (SSSR count). The predicted molar refractivity (Wildman–Crippen MR) is 94.4 cm³/mol. The molecule has 1 aliphatic rings. The van der Waals surface area contributed by atoms with Crippen molar-refractivity contribution in [2.75, 3.05) is 25.2 Å². The largest absolute Gasteiger partial charge is 0.454 e. The number of hydrogen-bond acceptors (Lipinski definition) is 6. The summed E-state index contributed by atoms with van der Waals surface area (Å²) in [6, 6.07) is 9.00. The minimum Gasteiger partial charge on any atom is -0.454 e. The molecule has 0 saturated heterocycles. The van der Waals surface area contributed by atoms with Crippen molar-refractivity contribution in [2.45, 2.75) is 26.7 Å². The molecular weight excluding hydrogens is 320 g/mol. The van der Waals surface area contributed by atoms with Crippen molar-refractivity contribution in [2.24, 2.45) is 0 Å².